The van der Waals surface area contributed by atoms with Crippen molar-refractivity contribution in [2.45, 2.75) is 19.8 Å². The molecule has 0 aliphatic carbocycles. The van der Waals surface area contributed by atoms with Gasteiger partial charge in [-0.15, -0.1) is 24.0 Å². The molecule has 0 aliphatic rings. The predicted octanol–water partition coefficient (Wildman–Crippen LogP) is 1.25. The summed E-state index contributed by atoms with van der Waals surface area (Å²) in [7, 11) is 3.37. The maximum Gasteiger partial charge on any atom is 0.191 e. The molecule has 0 spiro atoms. The fourth-order valence-corrected chi connectivity index (χ4v) is 1.36. The number of hydrogen-bond acceptors (Lipinski definition) is 4. The van der Waals surface area contributed by atoms with Crippen LogP contribution in [-0.2, 0) is 14.2 Å². The lowest BCUT2D eigenvalue weighted by Gasteiger charge is -2.10. The molecule has 0 aliphatic heterocycles. The van der Waals surface area contributed by atoms with Crippen LogP contribution in [0.15, 0.2) is 4.99 Å². The molecule has 0 aromatic rings. The number of unbranched alkanes of at least 4 members (excludes halogenated alkanes) is 1. The normalized spacial score (nSPS) is 11.1. The summed E-state index contributed by atoms with van der Waals surface area (Å²) in [5.41, 5.74) is 0. The highest BCUT2D eigenvalue weighted by Gasteiger charge is 1.95. The first kappa shape index (κ1) is 22.2. The van der Waals surface area contributed by atoms with Crippen LogP contribution in [0.1, 0.15) is 19.8 Å². The lowest BCUT2D eigenvalue weighted by molar-refractivity contribution is 0.0690. The van der Waals surface area contributed by atoms with E-state index in [1.807, 2.05) is 0 Å². The van der Waals surface area contributed by atoms with Crippen molar-refractivity contribution in [3.8, 4) is 0 Å². The van der Waals surface area contributed by atoms with Crippen LogP contribution < -0.4 is 10.6 Å². The van der Waals surface area contributed by atoms with Crippen LogP contribution in [0, 0.1) is 0 Å². The van der Waals surface area contributed by atoms with Gasteiger partial charge in [-0.3, -0.25) is 4.99 Å². The van der Waals surface area contributed by atoms with Crippen molar-refractivity contribution in [3.63, 3.8) is 0 Å². The fraction of sp³-hybridized carbons (Fsp3) is 0.923. The van der Waals surface area contributed by atoms with Crippen molar-refractivity contribution in [1.82, 2.24) is 10.6 Å². The van der Waals surface area contributed by atoms with Crippen LogP contribution in [0.4, 0.5) is 0 Å². The molecular weight excluding hydrogens is 373 g/mol. The average Bonchev–Trinajstić information content (AvgIpc) is 2.42. The van der Waals surface area contributed by atoms with Gasteiger partial charge in [0.2, 0.25) is 0 Å². The Morgan fingerprint density at radius 3 is 2.35 bits per heavy atom. The molecule has 6 nitrogen and oxygen atoms in total. The molecule has 20 heavy (non-hydrogen) atoms. The lowest BCUT2D eigenvalue weighted by atomic mass is 10.3. The molecular formula is C13H30IN3O3. The Hall–Kier alpha value is -0.120. The van der Waals surface area contributed by atoms with Crippen molar-refractivity contribution in [2.24, 2.45) is 4.99 Å². The zero-order valence-electron chi connectivity index (χ0n) is 12.9. The number of rotatable bonds is 12. The van der Waals surface area contributed by atoms with Gasteiger partial charge in [0, 0.05) is 40.5 Å². The Bertz CT molecular complexity index is 219. The molecule has 0 heterocycles. The predicted molar refractivity (Wildman–Crippen MR) is 93.2 cm³/mol. The standard InChI is InChI=1S/C13H29N3O3.HI/c1-4-14-13(16-8-10-17-2)15-7-5-6-9-19-12-11-18-3;/h4-12H2,1-3H3,(H2,14,15,16);1H. The molecule has 0 aromatic carbocycles. The molecule has 0 saturated carbocycles. The monoisotopic (exact) mass is 403 g/mol. The molecule has 7 heteroatoms. The van der Waals surface area contributed by atoms with Crippen LogP contribution in [0.5, 0.6) is 0 Å². The first-order valence-corrected chi connectivity index (χ1v) is 6.93. The van der Waals surface area contributed by atoms with Gasteiger partial charge in [0.15, 0.2) is 5.96 Å². The molecule has 0 amide bonds. The second-order valence-corrected chi connectivity index (χ2v) is 3.99. The van der Waals surface area contributed by atoms with E-state index >= 15 is 0 Å². The number of halogens is 1. The van der Waals surface area contributed by atoms with Crippen LogP contribution in [0.25, 0.3) is 0 Å². The number of hydrogen-bond donors (Lipinski definition) is 2. The largest absolute Gasteiger partial charge is 0.383 e. The second kappa shape index (κ2) is 18.9. The van der Waals surface area contributed by atoms with Gasteiger partial charge in [-0.25, -0.2) is 0 Å². The minimum Gasteiger partial charge on any atom is -0.383 e. The molecule has 0 saturated heterocycles. The Morgan fingerprint density at radius 2 is 1.70 bits per heavy atom. The quantitative estimate of drug-likeness (QED) is 0.222. The molecule has 0 fully saturated rings. The average molecular weight is 403 g/mol. The second-order valence-electron chi connectivity index (χ2n) is 3.99. The number of nitrogens with zero attached hydrogens (tertiary/aromatic N) is 1. The van der Waals surface area contributed by atoms with E-state index in [1.165, 1.54) is 0 Å². The lowest BCUT2D eigenvalue weighted by Crippen LogP contribution is -2.39. The van der Waals surface area contributed by atoms with Crippen molar-refractivity contribution in [2.75, 3.05) is 60.3 Å². The number of methoxy groups -OCH3 is 2. The molecule has 0 unspecified atom stereocenters. The SMILES string of the molecule is CCNC(=NCCCCOCCOC)NCCOC.I. The first-order chi connectivity index (χ1) is 9.35. The maximum absolute atomic E-state index is 5.39. The molecule has 0 bridgehead atoms. The van der Waals surface area contributed by atoms with E-state index in [0.717, 1.165) is 45.0 Å². The number of aliphatic imine (C=N–C) groups is 1. The summed E-state index contributed by atoms with van der Waals surface area (Å²) in [6.07, 6.45) is 2.04. The van der Waals surface area contributed by atoms with Crippen LogP contribution in [0.2, 0.25) is 0 Å². The van der Waals surface area contributed by atoms with E-state index in [9.17, 15) is 0 Å². The van der Waals surface area contributed by atoms with E-state index in [-0.39, 0.29) is 24.0 Å². The molecule has 0 aromatic heterocycles. The summed E-state index contributed by atoms with van der Waals surface area (Å²) >= 11 is 0. The molecule has 0 rings (SSSR count). The van der Waals surface area contributed by atoms with Crippen LogP contribution in [0.3, 0.4) is 0 Å². The minimum atomic E-state index is 0. The molecule has 0 radical (unpaired) electrons. The zero-order chi connectivity index (χ0) is 14.2. The number of ether oxygens (including phenoxy) is 3. The number of guanidine groups is 1. The molecule has 2 N–H and O–H groups in total. The summed E-state index contributed by atoms with van der Waals surface area (Å²) in [5, 5.41) is 6.40. The van der Waals surface area contributed by atoms with Crippen molar-refractivity contribution in [3.05, 3.63) is 0 Å². The fourth-order valence-electron chi connectivity index (χ4n) is 1.36. The van der Waals surface area contributed by atoms with E-state index in [4.69, 9.17) is 14.2 Å². The van der Waals surface area contributed by atoms with Crippen molar-refractivity contribution in [1.29, 1.82) is 0 Å². The van der Waals surface area contributed by atoms with E-state index in [1.54, 1.807) is 14.2 Å². The van der Waals surface area contributed by atoms with Crippen molar-refractivity contribution < 1.29 is 14.2 Å². The summed E-state index contributed by atoms with van der Waals surface area (Å²) < 4.78 is 15.3. The Morgan fingerprint density at radius 1 is 0.950 bits per heavy atom. The highest BCUT2D eigenvalue weighted by Crippen LogP contribution is 1.91. The van der Waals surface area contributed by atoms with Gasteiger partial charge in [-0.1, -0.05) is 0 Å². The maximum atomic E-state index is 5.39. The van der Waals surface area contributed by atoms with Gasteiger partial charge in [0.25, 0.3) is 0 Å². The van der Waals surface area contributed by atoms with Gasteiger partial charge in [0.05, 0.1) is 19.8 Å². The van der Waals surface area contributed by atoms with Gasteiger partial charge < -0.3 is 24.8 Å². The summed E-state index contributed by atoms with van der Waals surface area (Å²) in [5.74, 6) is 0.847. The van der Waals surface area contributed by atoms with Gasteiger partial charge in [0.1, 0.15) is 0 Å². The van der Waals surface area contributed by atoms with Crippen LogP contribution in [-0.4, -0.2) is 66.2 Å². The smallest absolute Gasteiger partial charge is 0.191 e. The third kappa shape index (κ3) is 15.9. The Labute approximate surface area is 140 Å². The number of nitrogens with one attached hydrogen (secondary N) is 2. The third-order valence-corrected chi connectivity index (χ3v) is 2.34. The van der Waals surface area contributed by atoms with E-state index < -0.39 is 0 Å². The Kier molecular flexibility index (Phi) is 20.9. The zero-order valence-corrected chi connectivity index (χ0v) is 15.3. The minimum absolute atomic E-state index is 0. The Balaban J connectivity index is 0. The summed E-state index contributed by atoms with van der Waals surface area (Å²) in [4.78, 5) is 4.48. The van der Waals surface area contributed by atoms with E-state index in [2.05, 4.69) is 22.5 Å². The molecule has 0 atom stereocenters. The van der Waals surface area contributed by atoms with Crippen molar-refractivity contribution >= 4 is 29.9 Å². The summed E-state index contributed by atoms with van der Waals surface area (Å²) in [6, 6.07) is 0. The van der Waals surface area contributed by atoms with Gasteiger partial charge in [-0.2, -0.15) is 0 Å². The summed E-state index contributed by atoms with van der Waals surface area (Å²) in [6.45, 7) is 7.26. The van der Waals surface area contributed by atoms with Gasteiger partial charge in [-0.05, 0) is 19.8 Å². The van der Waals surface area contributed by atoms with E-state index in [0.29, 0.717) is 19.8 Å². The third-order valence-electron chi connectivity index (χ3n) is 2.34. The highest BCUT2D eigenvalue weighted by molar-refractivity contribution is 14.0. The topological polar surface area (TPSA) is 64.1 Å². The van der Waals surface area contributed by atoms with Crippen LogP contribution >= 0.6 is 24.0 Å². The molecule has 122 valence electrons. The van der Waals surface area contributed by atoms with Gasteiger partial charge >= 0.3 is 0 Å². The first-order valence-electron chi connectivity index (χ1n) is 6.93. The highest BCUT2D eigenvalue weighted by atomic mass is 127.